The fourth-order valence-electron chi connectivity index (χ4n) is 3.17. The zero-order chi connectivity index (χ0) is 16.2. The number of carbonyl (C=O) groups is 1. The summed E-state index contributed by atoms with van der Waals surface area (Å²) in [6.07, 6.45) is 5.80. The zero-order valence-electron chi connectivity index (χ0n) is 13.6. The summed E-state index contributed by atoms with van der Waals surface area (Å²) in [6.45, 7) is 2.18. The normalized spacial score (nSPS) is 21.3. The van der Waals surface area contributed by atoms with Crippen LogP contribution in [-0.2, 0) is 9.53 Å². The van der Waals surface area contributed by atoms with Gasteiger partial charge in [-0.2, -0.15) is 5.10 Å². The quantitative estimate of drug-likeness (QED) is 0.887. The Balaban J connectivity index is 1.55. The van der Waals surface area contributed by atoms with Crippen molar-refractivity contribution in [3.8, 4) is 5.75 Å². The van der Waals surface area contributed by atoms with Gasteiger partial charge in [-0.15, -0.1) is 0 Å². The molecule has 6 nitrogen and oxygen atoms in total. The maximum atomic E-state index is 11.6. The lowest BCUT2D eigenvalue weighted by Crippen LogP contribution is -2.41. The van der Waals surface area contributed by atoms with Crippen LogP contribution in [0.5, 0.6) is 5.75 Å². The topological polar surface area (TPSA) is 76.2 Å². The van der Waals surface area contributed by atoms with Crippen LogP contribution in [0.4, 0.5) is 0 Å². The van der Waals surface area contributed by atoms with Crippen molar-refractivity contribution < 1.29 is 14.3 Å². The first-order chi connectivity index (χ1) is 11.2. The van der Waals surface area contributed by atoms with Crippen LogP contribution < -0.4 is 10.1 Å². The van der Waals surface area contributed by atoms with Crippen molar-refractivity contribution in [3.05, 3.63) is 23.9 Å². The number of amides is 1. The minimum atomic E-state index is -0.0434. The summed E-state index contributed by atoms with van der Waals surface area (Å²) in [7, 11) is 1.53. The largest absolute Gasteiger partial charge is 0.490 e. The molecule has 2 N–H and O–H groups in total. The van der Waals surface area contributed by atoms with Crippen molar-refractivity contribution >= 4 is 16.8 Å². The molecule has 124 valence electrons. The number of aryl methyl sites for hydroxylation is 1. The Hall–Kier alpha value is -2.08. The molecule has 0 atom stereocenters. The van der Waals surface area contributed by atoms with E-state index in [1.165, 1.54) is 7.11 Å². The predicted molar refractivity (Wildman–Crippen MR) is 87.5 cm³/mol. The van der Waals surface area contributed by atoms with Crippen LogP contribution in [0, 0.1) is 6.92 Å². The first-order valence-corrected chi connectivity index (χ1v) is 8.05. The first kappa shape index (κ1) is 15.8. The Labute approximate surface area is 135 Å². The van der Waals surface area contributed by atoms with E-state index < -0.39 is 0 Å². The number of H-pyrrole nitrogens is 1. The second kappa shape index (κ2) is 7.00. The van der Waals surface area contributed by atoms with Gasteiger partial charge in [-0.1, -0.05) is 0 Å². The van der Waals surface area contributed by atoms with Crippen molar-refractivity contribution in [3.63, 3.8) is 0 Å². The fourth-order valence-corrected chi connectivity index (χ4v) is 3.17. The standard InChI is InChI=1S/C17H23N3O3/c1-11-14-9-18-20-15(14)7-8-16(11)23-13-5-3-12(4-6-13)19-17(21)10-22-2/h7-9,12-13H,3-6,10H2,1-2H3,(H,18,20)(H,19,21)/t12-,13-. The maximum absolute atomic E-state index is 11.6. The number of ether oxygens (including phenoxy) is 2. The number of nitrogens with one attached hydrogen (secondary N) is 2. The summed E-state index contributed by atoms with van der Waals surface area (Å²) >= 11 is 0. The van der Waals surface area contributed by atoms with E-state index >= 15 is 0 Å². The first-order valence-electron chi connectivity index (χ1n) is 8.05. The summed E-state index contributed by atoms with van der Waals surface area (Å²) in [5.41, 5.74) is 2.14. The van der Waals surface area contributed by atoms with Gasteiger partial charge in [-0.3, -0.25) is 9.89 Å². The van der Waals surface area contributed by atoms with Gasteiger partial charge in [-0.25, -0.2) is 0 Å². The van der Waals surface area contributed by atoms with Gasteiger partial charge in [-0.05, 0) is 44.7 Å². The third-order valence-electron chi connectivity index (χ3n) is 4.45. The Morgan fingerprint density at radius 3 is 2.87 bits per heavy atom. The lowest BCUT2D eigenvalue weighted by Gasteiger charge is -2.30. The SMILES string of the molecule is COCC(=O)N[C@H]1CC[C@H](Oc2ccc3[nH]ncc3c2C)CC1. The highest BCUT2D eigenvalue weighted by Crippen LogP contribution is 2.29. The third kappa shape index (κ3) is 3.64. The van der Waals surface area contributed by atoms with Gasteiger partial charge in [0.25, 0.3) is 0 Å². The number of aromatic amines is 1. The molecule has 23 heavy (non-hydrogen) atoms. The van der Waals surface area contributed by atoms with Crippen molar-refractivity contribution in [1.29, 1.82) is 0 Å². The van der Waals surface area contributed by atoms with Gasteiger partial charge in [0.05, 0.1) is 17.8 Å². The molecule has 1 aromatic carbocycles. The molecule has 6 heteroatoms. The van der Waals surface area contributed by atoms with Crippen molar-refractivity contribution in [2.45, 2.75) is 44.8 Å². The Morgan fingerprint density at radius 1 is 1.35 bits per heavy atom. The summed E-state index contributed by atoms with van der Waals surface area (Å²) in [4.78, 5) is 11.6. The average molecular weight is 317 g/mol. The summed E-state index contributed by atoms with van der Waals surface area (Å²) in [6, 6.07) is 4.23. The highest BCUT2D eigenvalue weighted by Gasteiger charge is 2.24. The second-order valence-electron chi connectivity index (χ2n) is 6.11. The van der Waals surface area contributed by atoms with Crippen LogP contribution in [-0.4, -0.2) is 42.0 Å². The number of fused-ring (bicyclic) bond motifs is 1. The minimum absolute atomic E-state index is 0.0434. The molecular weight excluding hydrogens is 294 g/mol. The van der Waals surface area contributed by atoms with E-state index in [4.69, 9.17) is 9.47 Å². The molecule has 2 aromatic rings. The molecule has 1 aliphatic rings. The number of aromatic nitrogens is 2. The monoisotopic (exact) mass is 317 g/mol. The maximum Gasteiger partial charge on any atom is 0.246 e. The summed E-state index contributed by atoms with van der Waals surface area (Å²) in [5, 5.41) is 11.1. The molecule has 0 unspecified atom stereocenters. The molecule has 0 saturated heterocycles. The molecule has 1 saturated carbocycles. The molecule has 1 aliphatic carbocycles. The van der Waals surface area contributed by atoms with Crippen LogP contribution in [0.3, 0.4) is 0 Å². The van der Waals surface area contributed by atoms with E-state index in [1.807, 2.05) is 18.3 Å². The fraction of sp³-hybridized carbons (Fsp3) is 0.529. The van der Waals surface area contributed by atoms with Crippen LogP contribution in [0.1, 0.15) is 31.2 Å². The number of rotatable bonds is 5. The molecule has 1 heterocycles. The van der Waals surface area contributed by atoms with E-state index in [9.17, 15) is 4.79 Å². The second-order valence-corrected chi connectivity index (χ2v) is 6.11. The lowest BCUT2D eigenvalue weighted by molar-refractivity contribution is -0.125. The molecular formula is C17H23N3O3. The Morgan fingerprint density at radius 2 is 2.13 bits per heavy atom. The lowest BCUT2D eigenvalue weighted by atomic mass is 9.93. The van der Waals surface area contributed by atoms with Crippen LogP contribution >= 0.6 is 0 Å². The van der Waals surface area contributed by atoms with Gasteiger partial charge < -0.3 is 14.8 Å². The van der Waals surface area contributed by atoms with Gasteiger partial charge in [0.1, 0.15) is 12.4 Å². The predicted octanol–water partition coefficient (Wildman–Crippen LogP) is 2.32. The molecule has 3 rings (SSSR count). The number of carbonyl (C=O) groups excluding carboxylic acids is 1. The van der Waals surface area contributed by atoms with Crippen LogP contribution in [0.15, 0.2) is 18.3 Å². The van der Waals surface area contributed by atoms with E-state index in [0.29, 0.717) is 0 Å². The number of benzene rings is 1. The highest BCUT2D eigenvalue weighted by molar-refractivity contribution is 5.83. The third-order valence-corrected chi connectivity index (χ3v) is 4.45. The molecule has 1 amide bonds. The molecule has 1 fully saturated rings. The van der Waals surface area contributed by atoms with Crippen molar-refractivity contribution in [2.24, 2.45) is 0 Å². The zero-order valence-corrected chi connectivity index (χ0v) is 13.6. The summed E-state index contributed by atoms with van der Waals surface area (Å²) in [5.74, 6) is 0.879. The number of hydrogen-bond donors (Lipinski definition) is 2. The molecule has 0 spiro atoms. The Kier molecular flexibility index (Phi) is 4.81. The van der Waals surface area contributed by atoms with Crippen molar-refractivity contribution in [2.75, 3.05) is 13.7 Å². The molecule has 1 aromatic heterocycles. The number of hydrogen-bond acceptors (Lipinski definition) is 4. The van der Waals surface area contributed by atoms with Gasteiger partial charge >= 0.3 is 0 Å². The highest BCUT2D eigenvalue weighted by atomic mass is 16.5. The minimum Gasteiger partial charge on any atom is -0.490 e. The molecule has 0 radical (unpaired) electrons. The van der Waals surface area contributed by atoms with Gasteiger partial charge in [0.2, 0.25) is 5.91 Å². The molecule has 0 aliphatic heterocycles. The molecule has 0 bridgehead atoms. The smallest absolute Gasteiger partial charge is 0.246 e. The van der Waals surface area contributed by atoms with Crippen molar-refractivity contribution in [1.82, 2.24) is 15.5 Å². The van der Waals surface area contributed by atoms with Gasteiger partial charge in [0.15, 0.2) is 0 Å². The number of methoxy groups -OCH3 is 1. The summed E-state index contributed by atoms with van der Waals surface area (Å²) < 4.78 is 11.0. The van der Waals surface area contributed by atoms with Crippen LogP contribution in [0.25, 0.3) is 10.9 Å². The van der Waals surface area contributed by atoms with E-state index in [2.05, 4.69) is 22.4 Å². The van der Waals surface area contributed by atoms with Gasteiger partial charge in [0, 0.05) is 24.1 Å². The number of nitrogens with zero attached hydrogens (tertiary/aromatic N) is 1. The average Bonchev–Trinajstić information content (AvgIpc) is 3.01. The van der Waals surface area contributed by atoms with E-state index in [0.717, 1.165) is 47.9 Å². The van der Waals surface area contributed by atoms with E-state index in [1.54, 1.807) is 0 Å². The van der Waals surface area contributed by atoms with E-state index in [-0.39, 0.29) is 24.7 Å². The Bertz CT molecular complexity index is 675. The van der Waals surface area contributed by atoms with Crippen LogP contribution in [0.2, 0.25) is 0 Å².